The molecule has 4 rings (SSSR count). The summed E-state index contributed by atoms with van der Waals surface area (Å²) < 4.78 is 11.0. The zero-order chi connectivity index (χ0) is 19.7. The van der Waals surface area contributed by atoms with Gasteiger partial charge in [-0.05, 0) is 18.2 Å². The second kappa shape index (κ2) is 7.18. The molecule has 0 spiro atoms. The standard InChI is InChI=1S/C19H17N3O6/c23-18-9-13(20-19(24)12-2-1-3-15(8-12)22(25)26)11-21(18)14-4-5-16-17(10-14)28-7-6-27-16/h1-5,8,10,13H,6-7,9,11H2,(H,20,24). The van der Waals surface area contributed by atoms with Crippen molar-refractivity contribution in [2.75, 3.05) is 24.7 Å². The second-order valence-electron chi connectivity index (χ2n) is 6.51. The van der Waals surface area contributed by atoms with Gasteiger partial charge in [-0.25, -0.2) is 0 Å². The molecule has 0 aromatic heterocycles. The molecule has 1 fully saturated rings. The van der Waals surface area contributed by atoms with E-state index in [4.69, 9.17) is 9.47 Å². The van der Waals surface area contributed by atoms with Gasteiger partial charge in [-0.2, -0.15) is 0 Å². The predicted octanol–water partition coefficient (Wildman–Crippen LogP) is 1.90. The summed E-state index contributed by atoms with van der Waals surface area (Å²) in [6.45, 7) is 1.24. The number of nitrogens with one attached hydrogen (secondary N) is 1. The van der Waals surface area contributed by atoms with Crippen LogP contribution in [-0.4, -0.2) is 42.5 Å². The second-order valence-corrected chi connectivity index (χ2v) is 6.51. The molecule has 0 radical (unpaired) electrons. The highest BCUT2D eigenvalue weighted by molar-refractivity contribution is 5.99. The number of carbonyl (C=O) groups is 2. The summed E-state index contributed by atoms with van der Waals surface area (Å²) >= 11 is 0. The number of rotatable bonds is 4. The lowest BCUT2D eigenvalue weighted by Gasteiger charge is -2.22. The van der Waals surface area contributed by atoms with Crippen LogP contribution in [0.15, 0.2) is 42.5 Å². The molecule has 1 saturated heterocycles. The number of amides is 2. The van der Waals surface area contributed by atoms with E-state index in [1.54, 1.807) is 23.1 Å². The van der Waals surface area contributed by atoms with Crippen molar-refractivity contribution in [3.63, 3.8) is 0 Å². The average Bonchev–Trinajstić information content (AvgIpc) is 3.07. The number of nitrogens with zero attached hydrogens (tertiary/aromatic N) is 2. The van der Waals surface area contributed by atoms with Crippen LogP contribution in [0.1, 0.15) is 16.8 Å². The maximum absolute atomic E-state index is 12.4. The quantitative estimate of drug-likeness (QED) is 0.638. The Labute approximate surface area is 160 Å². The fourth-order valence-electron chi connectivity index (χ4n) is 3.28. The lowest BCUT2D eigenvalue weighted by atomic mass is 10.1. The first-order valence-electron chi connectivity index (χ1n) is 8.76. The van der Waals surface area contributed by atoms with E-state index in [-0.39, 0.29) is 23.6 Å². The molecule has 28 heavy (non-hydrogen) atoms. The first kappa shape index (κ1) is 17.8. The predicted molar refractivity (Wildman–Crippen MR) is 98.8 cm³/mol. The van der Waals surface area contributed by atoms with Crippen LogP contribution in [0.3, 0.4) is 0 Å². The van der Waals surface area contributed by atoms with Gasteiger partial charge in [0.25, 0.3) is 11.6 Å². The molecule has 9 nitrogen and oxygen atoms in total. The van der Waals surface area contributed by atoms with Crippen molar-refractivity contribution in [1.29, 1.82) is 0 Å². The van der Waals surface area contributed by atoms with Crippen LogP contribution in [0.5, 0.6) is 11.5 Å². The van der Waals surface area contributed by atoms with E-state index in [0.717, 1.165) is 0 Å². The zero-order valence-corrected chi connectivity index (χ0v) is 14.8. The van der Waals surface area contributed by atoms with Gasteiger partial charge < -0.3 is 19.7 Å². The minimum absolute atomic E-state index is 0.124. The molecule has 2 aliphatic heterocycles. The molecule has 2 aromatic rings. The first-order valence-corrected chi connectivity index (χ1v) is 8.76. The van der Waals surface area contributed by atoms with Gasteiger partial charge in [0.15, 0.2) is 11.5 Å². The highest BCUT2D eigenvalue weighted by Crippen LogP contribution is 2.35. The number of fused-ring (bicyclic) bond motifs is 1. The third kappa shape index (κ3) is 3.46. The molecule has 2 amide bonds. The third-order valence-corrected chi connectivity index (χ3v) is 4.62. The molecule has 2 aromatic carbocycles. The van der Waals surface area contributed by atoms with Crippen LogP contribution in [-0.2, 0) is 4.79 Å². The van der Waals surface area contributed by atoms with E-state index < -0.39 is 16.9 Å². The molecule has 9 heteroatoms. The Morgan fingerprint density at radius 3 is 2.71 bits per heavy atom. The summed E-state index contributed by atoms with van der Waals surface area (Å²) in [5.74, 6) is 0.643. The Morgan fingerprint density at radius 2 is 1.93 bits per heavy atom. The minimum Gasteiger partial charge on any atom is -0.486 e. The van der Waals surface area contributed by atoms with Crippen LogP contribution in [0.4, 0.5) is 11.4 Å². The molecule has 0 bridgehead atoms. The van der Waals surface area contributed by atoms with Crippen LogP contribution < -0.4 is 19.7 Å². The van der Waals surface area contributed by atoms with E-state index in [1.807, 2.05) is 0 Å². The Bertz CT molecular complexity index is 960. The number of carbonyl (C=O) groups excluding carboxylic acids is 2. The summed E-state index contributed by atoms with van der Waals surface area (Å²) in [4.78, 5) is 36.7. The number of hydrogen-bond donors (Lipinski definition) is 1. The van der Waals surface area contributed by atoms with Crippen LogP contribution in [0, 0.1) is 10.1 Å². The van der Waals surface area contributed by atoms with Crippen molar-refractivity contribution in [3.05, 3.63) is 58.1 Å². The number of hydrogen-bond acceptors (Lipinski definition) is 6. The number of anilines is 1. The van der Waals surface area contributed by atoms with Crippen molar-refractivity contribution in [3.8, 4) is 11.5 Å². The van der Waals surface area contributed by atoms with Gasteiger partial charge in [-0.1, -0.05) is 6.07 Å². The van der Waals surface area contributed by atoms with Gasteiger partial charge in [-0.3, -0.25) is 19.7 Å². The molecule has 144 valence electrons. The lowest BCUT2D eigenvalue weighted by Crippen LogP contribution is -2.37. The monoisotopic (exact) mass is 383 g/mol. The molecule has 2 aliphatic rings. The number of benzene rings is 2. The molecule has 1 atom stereocenters. The highest BCUT2D eigenvalue weighted by Gasteiger charge is 2.32. The topological polar surface area (TPSA) is 111 Å². The fraction of sp³-hybridized carbons (Fsp3) is 0.263. The molecule has 0 saturated carbocycles. The number of ether oxygens (including phenoxy) is 2. The summed E-state index contributed by atoms with van der Waals surface area (Å²) in [5, 5.41) is 13.6. The summed E-state index contributed by atoms with van der Waals surface area (Å²) in [6.07, 6.45) is 0.148. The summed E-state index contributed by atoms with van der Waals surface area (Å²) in [7, 11) is 0. The smallest absolute Gasteiger partial charge is 0.270 e. The Balaban J connectivity index is 1.45. The maximum atomic E-state index is 12.4. The lowest BCUT2D eigenvalue weighted by molar-refractivity contribution is -0.384. The van der Waals surface area contributed by atoms with Gasteiger partial charge in [-0.15, -0.1) is 0 Å². The van der Waals surface area contributed by atoms with E-state index in [1.165, 1.54) is 24.3 Å². The molecule has 1 unspecified atom stereocenters. The number of non-ortho nitro benzene ring substituents is 1. The summed E-state index contributed by atoms with van der Waals surface area (Å²) in [6, 6.07) is 10.4. The summed E-state index contributed by atoms with van der Waals surface area (Å²) in [5.41, 5.74) is 0.689. The van der Waals surface area contributed by atoms with Crippen LogP contribution in [0.2, 0.25) is 0 Å². The molecule has 0 aliphatic carbocycles. The van der Waals surface area contributed by atoms with Crippen molar-refractivity contribution in [1.82, 2.24) is 5.32 Å². The van der Waals surface area contributed by atoms with Crippen molar-refractivity contribution in [2.45, 2.75) is 12.5 Å². The average molecular weight is 383 g/mol. The van der Waals surface area contributed by atoms with Crippen LogP contribution in [0.25, 0.3) is 0 Å². The first-order chi connectivity index (χ1) is 13.5. The highest BCUT2D eigenvalue weighted by atomic mass is 16.6. The Morgan fingerprint density at radius 1 is 1.14 bits per heavy atom. The largest absolute Gasteiger partial charge is 0.486 e. The van der Waals surface area contributed by atoms with E-state index >= 15 is 0 Å². The number of nitro benzene ring substituents is 1. The van der Waals surface area contributed by atoms with E-state index in [2.05, 4.69) is 5.32 Å². The van der Waals surface area contributed by atoms with Crippen molar-refractivity contribution in [2.24, 2.45) is 0 Å². The zero-order valence-electron chi connectivity index (χ0n) is 14.8. The third-order valence-electron chi connectivity index (χ3n) is 4.62. The Kier molecular flexibility index (Phi) is 4.56. The van der Waals surface area contributed by atoms with Gasteiger partial charge in [0, 0.05) is 42.4 Å². The van der Waals surface area contributed by atoms with E-state index in [9.17, 15) is 19.7 Å². The van der Waals surface area contributed by atoms with Gasteiger partial charge in [0.2, 0.25) is 5.91 Å². The van der Waals surface area contributed by atoms with Gasteiger partial charge in [0.1, 0.15) is 13.2 Å². The van der Waals surface area contributed by atoms with E-state index in [0.29, 0.717) is 36.9 Å². The molecular formula is C19H17N3O6. The SMILES string of the molecule is O=C(NC1CC(=O)N(c2ccc3c(c2)OCCO3)C1)c1cccc([N+](=O)[O-])c1. The minimum atomic E-state index is -0.556. The fourth-order valence-corrected chi connectivity index (χ4v) is 3.28. The maximum Gasteiger partial charge on any atom is 0.270 e. The molecule has 2 heterocycles. The van der Waals surface area contributed by atoms with Crippen LogP contribution >= 0.6 is 0 Å². The number of nitro groups is 1. The van der Waals surface area contributed by atoms with Crippen molar-refractivity contribution < 1.29 is 24.0 Å². The Hall–Kier alpha value is -3.62. The van der Waals surface area contributed by atoms with Crippen molar-refractivity contribution >= 4 is 23.2 Å². The normalized spacial score (nSPS) is 18.1. The van der Waals surface area contributed by atoms with Gasteiger partial charge in [0.05, 0.1) is 11.0 Å². The van der Waals surface area contributed by atoms with Gasteiger partial charge >= 0.3 is 0 Å². The molecular weight excluding hydrogens is 366 g/mol. The molecule has 1 N–H and O–H groups in total.